The van der Waals surface area contributed by atoms with Gasteiger partial charge in [0.25, 0.3) is 0 Å². The lowest BCUT2D eigenvalue weighted by molar-refractivity contribution is 0.00637. The van der Waals surface area contributed by atoms with Gasteiger partial charge >= 0.3 is 0 Å². The van der Waals surface area contributed by atoms with Crippen LogP contribution in [0, 0.1) is 0 Å². The summed E-state index contributed by atoms with van der Waals surface area (Å²) in [5.41, 5.74) is 3.89. The van der Waals surface area contributed by atoms with Gasteiger partial charge in [-0.25, -0.2) is 0 Å². The number of rotatable bonds is 6. The van der Waals surface area contributed by atoms with Crippen molar-refractivity contribution >= 4 is 0 Å². The van der Waals surface area contributed by atoms with Crippen LogP contribution in [0.1, 0.15) is 18.4 Å². The van der Waals surface area contributed by atoms with Gasteiger partial charge in [-0.1, -0.05) is 6.07 Å². The zero-order chi connectivity index (χ0) is 13.5. The van der Waals surface area contributed by atoms with Crippen LogP contribution in [0.4, 0.5) is 0 Å². The normalized spacial score (nSPS) is 19.2. The molecular formula is C14H21NO4. The first-order chi connectivity index (χ1) is 9.33. The van der Waals surface area contributed by atoms with E-state index in [2.05, 4.69) is 5.48 Å². The van der Waals surface area contributed by atoms with Gasteiger partial charge in [0, 0.05) is 13.2 Å². The highest BCUT2D eigenvalue weighted by Crippen LogP contribution is 2.30. The molecule has 1 aliphatic heterocycles. The summed E-state index contributed by atoms with van der Waals surface area (Å²) >= 11 is 0. The number of benzene rings is 1. The van der Waals surface area contributed by atoms with Crippen molar-refractivity contribution in [3.63, 3.8) is 0 Å². The van der Waals surface area contributed by atoms with E-state index in [0.717, 1.165) is 36.5 Å². The lowest BCUT2D eigenvalue weighted by atomic mass is 10.1. The number of methoxy groups -OCH3 is 1. The van der Waals surface area contributed by atoms with E-state index in [0.29, 0.717) is 13.2 Å². The van der Waals surface area contributed by atoms with Crippen molar-refractivity contribution in [3.05, 3.63) is 23.8 Å². The molecule has 106 valence electrons. The maximum atomic E-state index is 5.98. The van der Waals surface area contributed by atoms with Gasteiger partial charge in [0.2, 0.25) is 0 Å². The van der Waals surface area contributed by atoms with E-state index in [9.17, 15) is 0 Å². The van der Waals surface area contributed by atoms with E-state index in [-0.39, 0.29) is 6.10 Å². The summed E-state index contributed by atoms with van der Waals surface area (Å²) in [6.45, 7) is 2.09. The number of nitrogens with one attached hydrogen (secondary N) is 1. The minimum atomic E-state index is 0.105. The molecular weight excluding hydrogens is 246 g/mol. The Labute approximate surface area is 113 Å². The second kappa shape index (κ2) is 7.33. The lowest BCUT2D eigenvalue weighted by Crippen LogP contribution is -2.28. The van der Waals surface area contributed by atoms with Crippen molar-refractivity contribution in [2.24, 2.45) is 0 Å². The highest BCUT2D eigenvalue weighted by Gasteiger charge is 2.17. The average Bonchev–Trinajstić information content (AvgIpc) is 2.46. The molecule has 5 heteroatoms. The van der Waals surface area contributed by atoms with Crippen molar-refractivity contribution in [3.8, 4) is 11.5 Å². The fourth-order valence-electron chi connectivity index (χ4n) is 2.06. The Bertz CT molecular complexity index is 391. The average molecular weight is 267 g/mol. The summed E-state index contributed by atoms with van der Waals surface area (Å²) in [6, 6.07) is 5.86. The van der Waals surface area contributed by atoms with Crippen LogP contribution in [-0.2, 0) is 16.1 Å². The Hall–Kier alpha value is -1.30. The number of ether oxygens (including phenoxy) is 3. The predicted octanol–water partition coefficient (Wildman–Crippen LogP) is 1.90. The molecule has 1 atom stereocenters. The zero-order valence-electron chi connectivity index (χ0n) is 11.5. The lowest BCUT2D eigenvalue weighted by Gasteiger charge is -2.24. The molecule has 1 aromatic carbocycles. The molecule has 1 heterocycles. The maximum Gasteiger partial charge on any atom is 0.162 e. The first kappa shape index (κ1) is 14.1. The molecule has 0 radical (unpaired) electrons. The van der Waals surface area contributed by atoms with Gasteiger partial charge < -0.3 is 19.0 Å². The van der Waals surface area contributed by atoms with Gasteiger partial charge in [-0.2, -0.15) is 5.48 Å². The largest absolute Gasteiger partial charge is 0.493 e. The molecule has 1 fully saturated rings. The SMILES string of the molecule is CONCc1ccc(OC)c(OC2CCCOC2)c1. The van der Waals surface area contributed by atoms with Gasteiger partial charge in [-0.3, -0.25) is 0 Å². The monoisotopic (exact) mass is 267 g/mol. The summed E-state index contributed by atoms with van der Waals surface area (Å²) < 4.78 is 16.7. The number of hydrogen-bond acceptors (Lipinski definition) is 5. The Balaban J connectivity index is 2.06. The second-order valence-corrected chi connectivity index (χ2v) is 4.47. The molecule has 1 aromatic rings. The molecule has 0 amide bonds. The van der Waals surface area contributed by atoms with E-state index in [1.165, 1.54) is 0 Å². The van der Waals surface area contributed by atoms with Crippen LogP contribution in [0.25, 0.3) is 0 Å². The summed E-state index contributed by atoms with van der Waals surface area (Å²) in [6.07, 6.45) is 2.16. The van der Waals surface area contributed by atoms with Crippen molar-refractivity contribution < 1.29 is 19.0 Å². The Morgan fingerprint density at radius 2 is 2.21 bits per heavy atom. The molecule has 1 saturated heterocycles. The highest BCUT2D eigenvalue weighted by molar-refractivity contribution is 5.43. The molecule has 19 heavy (non-hydrogen) atoms. The minimum Gasteiger partial charge on any atom is -0.493 e. The molecule has 1 aliphatic rings. The van der Waals surface area contributed by atoms with Gasteiger partial charge in [0.15, 0.2) is 11.5 Å². The fraction of sp³-hybridized carbons (Fsp3) is 0.571. The van der Waals surface area contributed by atoms with Crippen LogP contribution in [-0.4, -0.2) is 33.5 Å². The third-order valence-corrected chi connectivity index (χ3v) is 3.06. The Kier molecular flexibility index (Phi) is 5.44. The highest BCUT2D eigenvalue weighted by atomic mass is 16.6. The van der Waals surface area contributed by atoms with Gasteiger partial charge in [0.05, 0.1) is 20.8 Å². The third-order valence-electron chi connectivity index (χ3n) is 3.06. The predicted molar refractivity (Wildman–Crippen MR) is 71.3 cm³/mol. The standard InChI is InChI=1S/C14H21NO4/c1-16-13-6-5-11(9-15-17-2)8-14(13)19-12-4-3-7-18-10-12/h5-6,8,12,15H,3-4,7,9-10H2,1-2H3. The topological polar surface area (TPSA) is 49.0 Å². The Morgan fingerprint density at radius 1 is 1.32 bits per heavy atom. The minimum absolute atomic E-state index is 0.105. The van der Waals surface area contributed by atoms with E-state index in [1.807, 2.05) is 18.2 Å². The van der Waals surface area contributed by atoms with E-state index < -0.39 is 0 Å². The van der Waals surface area contributed by atoms with Crippen LogP contribution >= 0.6 is 0 Å². The zero-order valence-corrected chi connectivity index (χ0v) is 11.5. The molecule has 1 N–H and O–H groups in total. The summed E-state index contributed by atoms with van der Waals surface area (Å²) in [5, 5.41) is 0. The second-order valence-electron chi connectivity index (χ2n) is 4.47. The molecule has 0 saturated carbocycles. The van der Waals surface area contributed by atoms with E-state index >= 15 is 0 Å². The molecule has 0 spiro atoms. The van der Waals surface area contributed by atoms with Gasteiger partial charge in [-0.15, -0.1) is 0 Å². The fourth-order valence-corrected chi connectivity index (χ4v) is 2.06. The van der Waals surface area contributed by atoms with Crippen LogP contribution in [0.15, 0.2) is 18.2 Å². The molecule has 0 aromatic heterocycles. The van der Waals surface area contributed by atoms with Gasteiger partial charge in [-0.05, 0) is 30.5 Å². The van der Waals surface area contributed by atoms with Crippen molar-refractivity contribution in [2.45, 2.75) is 25.5 Å². The quantitative estimate of drug-likeness (QED) is 0.798. The van der Waals surface area contributed by atoms with Crippen molar-refractivity contribution in [2.75, 3.05) is 27.4 Å². The molecule has 1 unspecified atom stereocenters. The number of hydrogen-bond donors (Lipinski definition) is 1. The molecule has 2 rings (SSSR count). The summed E-state index contributed by atoms with van der Waals surface area (Å²) in [7, 11) is 3.24. The van der Waals surface area contributed by atoms with Crippen LogP contribution in [0.5, 0.6) is 11.5 Å². The smallest absolute Gasteiger partial charge is 0.162 e. The van der Waals surface area contributed by atoms with Gasteiger partial charge in [0.1, 0.15) is 6.10 Å². The van der Waals surface area contributed by atoms with Crippen LogP contribution in [0.3, 0.4) is 0 Å². The first-order valence-electron chi connectivity index (χ1n) is 6.50. The Morgan fingerprint density at radius 3 is 2.89 bits per heavy atom. The summed E-state index contributed by atoms with van der Waals surface area (Å²) in [5.74, 6) is 1.50. The van der Waals surface area contributed by atoms with E-state index in [1.54, 1.807) is 14.2 Å². The van der Waals surface area contributed by atoms with Crippen LogP contribution < -0.4 is 15.0 Å². The third kappa shape index (κ3) is 4.09. The maximum absolute atomic E-state index is 5.98. The van der Waals surface area contributed by atoms with Crippen molar-refractivity contribution in [1.29, 1.82) is 0 Å². The molecule has 5 nitrogen and oxygen atoms in total. The van der Waals surface area contributed by atoms with E-state index in [4.69, 9.17) is 19.0 Å². The van der Waals surface area contributed by atoms with Crippen molar-refractivity contribution in [1.82, 2.24) is 5.48 Å². The van der Waals surface area contributed by atoms with Crippen LogP contribution in [0.2, 0.25) is 0 Å². The molecule has 0 aliphatic carbocycles. The summed E-state index contributed by atoms with van der Waals surface area (Å²) in [4.78, 5) is 4.85. The first-order valence-corrected chi connectivity index (χ1v) is 6.50. The molecule has 0 bridgehead atoms. The number of hydroxylamine groups is 1.